The summed E-state index contributed by atoms with van der Waals surface area (Å²) in [5, 5.41) is 6.49. The lowest BCUT2D eigenvalue weighted by Crippen LogP contribution is -2.11. The van der Waals surface area contributed by atoms with Gasteiger partial charge in [-0.25, -0.2) is 4.68 Å². The molecule has 1 aromatic heterocycles. The lowest BCUT2D eigenvalue weighted by atomic mass is 10.2. The Bertz CT molecular complexity index is 610. The number of hydrogen-bond acceptors (Lipinski definition) is 3. The van der Waals surface area contributed by atoms with Crippen molar-refractivity contribution < 1.29 is 0 Å². The van der Waals surface area contributed by atoms with E-state index in [1.807, 2.05) is 47.5 Å². The van der Waals surface area contributed by atoms with Gasteiger partial charge in [-0.15, -0.1) is 11.3 Å². The molecule has 0 N–H and O–H groups in total. The first-order valence-corrected chi connectivity index (χ1v) is 6.78. The van der Waals surface area contributed by atoms with Crippen molar-refractivity contribution in [2.45, 2.75) is 6.92 Å². The molecule has 0 radical (unpaired) electrons. The summed E-state index contributed by atoms with van der Waals surface area (Å²) in [4.78, 5) is 5.08. The molecule has 3 nitrogen and oxygen atoms in total. The van der Waals surface area contributed by atoms with Gasteiger partial charge in [0.1, 0.15) is 0 Å². The van der Waals surface area contributed by atoms with Crippen molar-refractivity contribution in [3.05, 3.63) is 50.2 Å². The number of aryl methyl sites for hydroxylation is 1. The number of benzene rings is 1. The first-order chi connectivity index (χ1) is 8.22. The van der Waals surface area contributed by atoms with E-state index in [1.165, 1.54) is 0 Å². The molecule has 0 unspecified atom stereocenters. The average molecular weight is 310 g/mol. The van der Waals surface area contributed by atoms with Gasteiger partial charge in [0.2, 0.25) is 4.80 Å². The molecule has 88 valence electrons. The zero-order valence-electron chi connectivity index (χ0n) is 9.59. The summed E-state index contributed by atoms with van der Waals surface area (Å²) >= 11 is 5.08. The maximum Gasteiger partial charge on any atom is 0.205 e. The van der Waals surface area contributed by atoms with Gasteiger partial charge in [-0.3, -0.25) is 4.99 Å². The molecular formula is C12H12BrN3S. The predicted octanol–water partition coefficient (Wildman–Crippen LogP) is 3.03. The third kappa shape index (κ3) is 2.73. The number of rotatable bonds is 2. The van der Waals surface area contributed by atoms with Crippen molar-refractivity contribution in [3.63, 3.8) is 0 Å². The van der Waals surface area contributed by atoms with Crippen LogP contribution in [0.2, 0.25) is 0 Å². The molecule has 0 spiro atoms. The predicted molar refractivity (Wildman–Crippen MR) is 75.7 cm³/mol. The van der Waals surface area contributed by atoms with Crippen molar-refractivity contribution in [1.82, 2.24) is 4.68 Å². The molecule has 2 aromatic rings. The SMILES string of the molecule is CN=c1scc(C)n1/N=C\c1ccccc1Br. The first kappa shape index (κ1) is 12.3. The van der Waals surface area contributed by atoms with E-state index in [0.29, 0.717) is 0 Å². The summed E-state index contributed by atoms with van der Waals surface area (Å²) in [6.07, 6.45) is 1.83. The summed E-state index contributed by atoms with van der Waals surface area (Å²) in [6, 6.07) is 7.98. The van der Waals surface area contributed by atoms with Gasteiger partial charge in [-0.2, -0.15) is 5.10 Å². The Morgan fingerprint density at radius 3 is 2.82 bits per heavy atom. The second-order valence-corrected chi connectivity index (χ2v) is 5.15. The minimum Gasteiger partial charge on any atom is -0.261 e. The Morgan fingerprint density at radius 1 is 1.35 bits per heavy atom. The van der Waals surface area contributed by atoms with Crippen LogP contribution in [0.15, 0.2) is 44.2 Å². The number of aromatic nitrogens is 1. The third-order valence-corrected chi connectivity index (χ3v) is 4.01. The summed E-state index contributed by atoms with van der Waals surface area (Å²) in [5.41, 5.74) is 2.13. The molecule has 0 saturated carbocycles. The highest BCUT2D eigenvalue weighted by Crippen LogP contribution is 2.13. The van der Waals surface area contributed by atoms with Crippen molar-refractivity contribution in [3.8, 4) is 0 Å². The highest BCUT2D eigenvalue weighted by atomic mass is 79.9. The van der Waals surface area contributed by atoms with Crippen LogP contribution in [0.4, 0.5) is 0 Å². The van der Waals surface area contributed by atoms with Gasteiger partial charge in [0.15, 0.2) is 0 Å². The Labute approximate surface area is 112 Å². The van der Waals surface area contributed by atoms with Crippen molar-refractivity contribution in [1.29, 1.82) is 0 Å². The van der Waals surface area contributed by atoms with Gasteiger partial charge in [-0.1, -0.05) is 34.1 Å². The van der Waals surface area contributed by atoms with E-state index in [0.717, 1.165) is 20.5 Å². The summed E-state index contributed by atoms with van der Waals surface area (Å²) in [6.45, 7) is 2.02. The van der Waals surface area contributed by atoms with Gasteiger partial charge >= 0.3 is 0 Å². The molecule has 17 heavy (non-hydrogen) atoms. The molecule has 0 aliphatic carbocycles. The van der Waals surface area contributed by atoms with Crippen LogP contribution < -0.4 is 4.80 Å². The Morgan fingerprint density at radius 2 is 2.12 bits per heavy atom. The molecule has 0 atom stereocenters. The maximum absolute atomic E-state index is 4.45. The van der Waals surface area contributed by atoms with Crippen molar-refractivity contribution in [2.75, 3.05) is 7.05 Å². The van der Waals surface area contributed by atoms with Gasteiger partial charge < -0.3 is 0 Å². The Hall–Kier alpha value is -1.20. The molecule has 0 fully saturated rings. The summed E-state index contributed by atoms with van der Waals surface area (Å²) in [7, 11) is 1.77. The van der Waals surface area contributed by atoms with E-state index >= 15 is 0 Å². The Balaban J connectivity index is 2.39. The van der Waals surface area contributed by atoms with Crippen LogP contribution in [-0.4, -0.2) is 17.9 Å². The molecule has 0 amide bonds. The lowest BCUT2D eigenvalue weighted by molar-refractivity contribution is 0.805. The first-order valence-electron chi connectivity index (χ1n) is 5.11. The fourth-order valence-electron chi connectivity index (χ4n) is 1.38. The van der Waals surface area contributed by atoms with Crippen LogP contribution in [0.5, 0.6) is 0 Å². The summed E-state index contributed by atoms with van der Waals surface area (Å²) in [5.74, 6) is 0. The third-order valence-electron chi connectivity index (χ3n) is 2.26. The van der Waals surface area contributed by atoms with E-state index < -0.39 is 0 Å². The van der Waals surface area contributed by atoms with E-state index in [2.05, 4.69) is 26.0 Å². The smallest absolute Gasteiger partial charge is 0.205 e. The van der Waals surface area contributed by atoms with Crippen LogP contribution in [0.3, 0.4) is 0 Å². The molecule has 5 heteroatoms. The zero-order valence-corrected chi connectivity index (χ0v) is 12.0. The standard InChI is InChI=1S/C12H12BrN3S/c1-9-8-17-12(14-2)16(9)15-7-10-5-3-4-6-11(10)13/h3-8H,1-2H3/b14-12?,15-7-. The largest absolute Gasteiger partial charge is 0.261 e. The zero-order chi connectivity index (χ0) is 12.3. The monoisotopic (exact) mass is 309 g/mol. The van der Waals surface area contributed by atoms with E-state index in [-0.39, 0.29) is 0 Å². The van der Waals surface area contributed by atoms with Gasteiger partial charge in [-0.05, 0) is 13.0 Å². The van der Waals surface area contributed by atoms with Crippen LogP contribution in [0.1, 0.15) is 11.3 Å². The van der Waals surface area contributed by atoms with Gasteiger partial charge in [0.25, 0.3) is 0 Å². The molecular weight excluding hydrogens is 298 g/mol. The van der Waals surface area contributed by atoms with E-state index in [4.69, 9.17) is 0 Å². The van der Waals surface area contributed by atoms with Gasteiger partial charge in [0.05, 0.1) is 11.9 Å². The topological polar surface area (TPSA) is 29.6 Å². The molecule has 2 rings (SSSR count). The van der Waals surface area contributed by atoms with Gasteiger partial charge in [0, 0.05) is 22.5 Å². The van der Waals surface area contributed by atoms with Crippen LogP contribution in [-0.2, 0) is 0 Å². The van der Waals surface area contributed by atoms with Crippen LogP contribution >= 0.6 is 27.3 Å². The van der Waals surface area contributed by atoms with E-state index in [1.54, 1.807) is 18.4 Å². The lowest BCUT2D eigenvalue weighted by Gasteiger charge is -1.98. The maximum atomic E-state index is 4.45. The normalized spacial score (nSPS) is 12.5. The second kappa shape index (κ2) is 5.42. The average Bonchev–Trinajstić information content (AvgIpc) is 2.69. The molecule has 1 heterocycles. The number of halogens is 1. The number of hydrogen-bond donors (Lipinski definition) is 0. The van der Waals surface area contributed by atoms with Crippen molar-refractivity contribution in [2.24, 2.45) is 10.1 Å². The quantitative estimate of drug-likeness (QED) is 0.763. The van der Waals surface area contributed by atoms with E-state index in [9.17, 15) is 0 Å². The minimum atomic E-state index is 0.894. The minimum absolute atomic E-state index is 0.894. The fraction of sp³-hybridized carbons (Fsp3) is 0.167. The summed E-state index contributed by atoms with van der Waals surface area (Å²) < 4.78 is 2.87. The molecule has 0 saturated heterocycles. The second-order valence-electron chi connectivity index (χ2n) is 3.46. The Kier molecular flexibility index (Phi) is 3.91. The molecule has 0 bridgehead atoms. The van der Waals surface area contributed by atoms with Crippen molar-refractivity contribution >= 4 is 33.5 Å². The highest BCUT2D eigenvalue weighted by molar-refractivity contribution is 9.10. The molecule has 1 aromatic carbocycles. The number of thiazole rings is 1. The van der Waals surface area contributed by atoms with Crippen LogP contribution in [0.25, 0.3) is 0 Å². The molecule has 0 aliphatic rings. The highest BCUT2D eigenvalue weighted by Gasteiger charge is 1.98. The number of nitrogens with zero attached hydrogens (tertiary/aromatic N) is 3. The molecule has 0 aliphatic heterocycles. The fourth-order valence-corrected chi connectivity index (χ4v) is 2.54. The van der Waals surface area contributed by atoms with Crippen LogP contribution in [0, 0.1) is 6.92 Å².